The molecule has 1 aliphatic carbocycles. The minimum absolute atomic E-state index is 0.0619. The minimum atomic E-state index is -0.0619. The first-order chi connectivity index (χ1) is 11.6. The number of nitrogens with one attached hydrogen (secondary N) is 1. The highest BCUT2D eigenvalue weighted by Crippen LogP contribution is 2.31. The van der Waals surface area contributed by atoms with E-state index in [1.54, 1.807) is 24.2 Å². The van der Waals surface area contributed by atoms with Crippen LogP contribution >= 0.6 is 11.8 Å². The second-order valence-electron chi connectivity index (χ2n) is 6.02. The van der Waals surface area contributed by atoms with E-state index in [2.05, 4.69) is 25.3 Å². The molecule has 3 rings (SSSR count). The molecule has 0 aromatic carbocycles. The number of nitrogens with zero attached hydrogens (tertiary/aromatic N) is 4. The Bertz CT molecular complexity index is 681. The lowest BCUT2D eigenvalue weighted by Gasteiger charge is -2.28. The number of aromatic nitrogens is 4. The molecule has 0 bridgehead atoms. The summed E-state index contributed by atoms with van der Waals surface area (Å²) in [6, 6.07) is 2.04. The van der Waals surface area contributed by atoms with Crippen molar-refractivity contribution >= 4 is 17.7 Å². The van der Waals surface area contributed by atoms with Crippen molar-refractivity contribution in [3.63, 3.8) is 0 Å². The highest BCUT2D eigenvalue weighted by molar-refractivity contribution is 7.99. The van der Waals surface area contributed by atoms with Crippen LogP contribution in [0.1, 0.15) is 47.4 Å². The van der Waals surface area contributed by atoms with Crippen LogP contribution in [-0.2, 0) is 0 Å². The van der Waals surface area contributed by atoms with Crippen LogP contribution in [0.4, 0.5) is 0 Å². The summed E-state index contributed by atoms with van der Waals surface area (Å²) in [6.45, 7) is 3.69. The molecule has 0 radical (unpaired) electrons. The molecule has 0 unspecified atom stereocenters. The number of hydrogen-bond donors (Lipinski definition) is 1. The van der Waals surface area contributed by atoms with E-state index in [0.29, 0.717) is 10.8 Å². The molecule has 0 saturated heterocycles. The Balaban J connectivity index is 1.53. The second-order valence-corrected chi connectivity index (χ2v) is 7.28. The van der Waals surface area contributed by atoms with Gasteiger partial charge in [-0.1, -0.05) is 11.8 Å². The summed E-state index contributed by atoms with van der Waals surface area (Å²) in [5.41, 5.74) is 2.06. The molecule has 0 spiro atoms. The fourth-order valence-electron chi connectivity index (χ4n) is 3.00. The quantitative estimate of drug-likeness (QED) is 0.860. The first-order valence-corrected chi connectivity index (χ1v) is 9.04. The number of hydrogen-bond acceptors (Lipinski definition) is 6. The van der Waals surface area contributed by atoms with Crippen molar-refractivity contribution in [2.45, 2.75) is 56.0 Å². The highest BCUT2D eigenvalue weighted by atomic mass is 32.2. The summed E-state index contributed by atoms with van der Waals surface area (Å²) in [5.74, 6) is -0.0619. The second kappa shape index (κ2) is 7.70. The van der Waals surface area contributed by atoms with Crippen molar-refractivity contribution in [1.82, 2.24) is 25.3 Å². The zero-order valence-electron chi connectivity index (χ0n) is 13.9. The Kier molecular flexibility index (Phi) is 5.40. The third-order valence-corrected chi connectivity index (χ3v) is 5.50. The van der Waals surface area contributed by atoms with Gasteiger partial charge in [-0.15, -0.1) is 0 Å². The molecule has 1 saturated carbocycles. The first kappa shape index (κ1) is 16.8. The number of carbonyl (C=O) groups is 1. The highest BCUT2D eigenvalue weighted by Gasteiger charge is 2.25. The van der Waals surface area contributed by atoms with Gasteiger partial charge in [-0.2, -0.15) is 0 Å². The monoisotopic (exact) mass is 343 g/mol. The van der Waals surface area contributed by atoms with Gasteiger partial charge >= 0.3 is 0 Å². The van der Waals surface area contributed by atoms with Crippen LogP contribution in [0.3, 0.4) is 0 Å². The molecule has 1 aliphatic rings. The molecule has 7 heteroatoms. The van der Waals surface area contributed by atoms with Crippen molar-refractivity contribution in [1.29, 1.82) is 0 Å². The zero-order chi connectivity index (χ0) is 16.9. The Morgan fingerprint density at radius 3 is 2.29 bits per heavy atom. The zero-order valence-corrected chi connectivity index (χ0v) is 14.7. The van der Waals surface area contributed by atoms with Crippen molar-refractivity contribution in [3.05, 3.63) is 41.7 Å². The normalized spacial score (nSPS) is 20.6. The van der Waals surface area contributed by atoms with Gasteiger partial charge in [-0.25, -0.2) is 19.9 Å². The molecule has 2 heterocycles. The summed E-state index contributed by atoms with van der Waals surface area (Å²) in [5, 5.41) is 4.49. The van der Waals surface area contributed by atoms with Gasteiger partial charge in [0.25, 0.3) is 5.91 Å². The summed E-state index contributed by atoms with van der Waals surface area (Å²) in [4.78, 5) is 29.3. The SMILES string of the molecule is Cc1ncnc(C)c1C(=O)NC1CCC(Sc2ncccn2)CC1. The molecule has 6 nitrogen and oxygen atoms in total. The third-order valence-electron chi connectivity index (χ3n) is 4.28. The maximum Gasteiger partial charge on any atom is 0.255 e. The van der Waals surface area contributed by atoms with Gasteiger partial charge in [0, 0.05) is 23.7 Å². The maximum atomic E-state index is 12.5. The van der Waals surface area contributed by atoms with E-state index in [9.17, 15) is 4.79 Å². The van der Waals surface area contributed by atoms with Crippen LogP contribution in [0.15, 0.2) is 29.9 Å². The molecule has 0 aliphatic heterocycles. The first-order valence-electron chi connectivity index (χ1n) is 8.16. The fraction of sp³-hybridized carbons (Fsp3) is 0.471. The lowest BCUT2D eigenvalue weighted by molar-refractivity contribution is 0.0926. The lowest BCUT2D eigenvalue weighted by Crippen LogP contribution is -2.38. The largest absolute Gasteiger partial charge is 0.349 e. The number of amides is 1. The van der Waals surface area contributed by atoms with Crippen LogP contribution in [-0.4, -0.2) is 37.1 Å². The standard InChI is InChI=1S/C17H21N5OS/c1-11-15(12(2)21-10-20-11)16(23)22-13-4-6-14(7-5-13)24-17-18-8-3-9-19-17/h3,8-10,13-14H,4-7H2,1-2H3,(H,22,23). The van der Waals surface area contributed by atoms with E-state index in [1.807, 2.05) is 19.9 Å². The smallest absolute Gasteiger partial charge is 0.255 e. The van der Waals surface area contributed by atoms with Crippen molar-refractivity contribution in [2.75, 3.05) is 0 Å². The van der Waals surface area contributed by atoms with Gasteiger partial charge in [0.2, 0.25) is 0 Å². The van der Waals surface area contributed by atoms with Gasteiger partial charge in [0.05, 0.1) is 17.0 Å². The van der Waals surface area contributed by atoms with Gasteiger partial charge in [0.15, 0.2) is 5.16 Å². The van der Waals surface area contributed by atoms with E-state index < -0.39 is 0 Å². The average Bonchev–Trinajstić information content (AvgIpc) is 2.57. The molecular weight excluding hydrogens is 322 g/mol. The van der Waals surface area contributed by atoms with Gasteiger partial charge < -0.3 is 5.32 Å². The molecule has 2 aromatic heterocycles. The summed E-state index contributed by atoms with van der Waals surface area (Å²) in [7, 11) is 0. The van der Waals surface area contributed by atoms with Crippen LogP contribution in [0.5, 0.6) is 0 Å². The van der Waals surface area contributed by atoms with Gasteiger partial charge in [0.1, 0.15) is 6.33 Å². The Morgan fingerprint density at radius 2 is 1.67 bits per heavy atom. The Labute approximate surface area is 145 Å². The van der Waals surface area contributed by atoms with Crippen LogP contribution < -0.4 is 5.32 Å². The van der Waals surface area contributed by atoms with E-state index in [1.165, 1.54) is 6.33 Å². The van der Waals surface area contributed by atoms with Crippen molar-refractivity contribution < 1.29 is 4.79 Å². The molecule has 0 atom stereocenters. The van der Waals surface area contributed by atoms with Crippen molar-refractivity contribution in [2.24, 2.45) is 0 Å². The Morgan fingerprint density at radius 1 is 1.04 bits per heavy atom. The molecule has 1 fully saturated rings. The molecule has 1 N–H and O–H groups in total. The lowest BCUT2D eigenvalue weighted by atomic mass is 9.94. The van der Waals surface area contributed by atoms with Crippen LogP contribution in [0.2, 0.25) is 0 Å². The van der Waals surface area contributed by atoms with E-state index in [4.69, 9.17) is 0 Å². The summed E-state index contributed by atoms with van der Waals surface area (Å²) < 4.78 is 0. The molecule has 126 valence electrons. The fourth-order valence-corrected chi connectivity index (χ4v) is 4.05. The Hall–Kier alpha value is -2.02. The van der Waals surface area contributed by atoms with E-state index >= 15 is 0 Å². The van der Waals surface area contributed by atoms with Gasteiger partial charge in [-0.05, 0) is 45.6 Å². The number of aryl methyl sites for hydroxylation is 2. The van der Waals surface area contributed by atoms with Crippen LogP contribution in [0, 0.1) is 13.8 Å². The maximum absolute atomic E-state index is 12.5. The van der Waals surface area contributed by atoms with E-state index in [0.717, 1.165) is 42.2 Å². The molecule has 24 heavy (non-hydrogen) atoms. The molecule has 2 aromatic rings. The van der Waals surface area contributed by atoms with Crippen LogP contribution in [0.25, 0.3) is 0 Å². The predicted molar refractivity (Wildman–Crippen MR) is 92.9 cm³/mol. The summed E-state index contributed by atoms with van der Waals surface area (Å²) >= 11 is 1.73. The van der Waals surface area contributed by atoms with E-state index in [-0.39, 0.29) is 11.9 Å². The van der Waals surface area contributed by atoms with Gasteiger partial charge in [-0.3, -0.25) is 4.79 Å². The predicted octanol–water partition coefficient (Wildman–Crippen LogP) is 2.72. The number of rotatable bonds is 4. The third kappa shape index (κ3) is 4.08. The summed E-state index contributed by atoms with van der Waals surface area (Å²) in [6.07, 6.45) is 9.09. The minimum Gasteiger partial charge on any atom is -0.349 e. The average molecular weight is 343 g/mol. The molecular formula is C17H21N5OS. The topological polar surface area (TPSA) is 80.7 Å². The molecule has 1 amide bonds. The number of thioether (sulfide) groups is 1. The van der Waals surface area contributed by atoms with Crippen molar-refractivity contribution in [3.8, 4) is 0 Å². The number of carbonyl (C=O) groups excluding carboxylic acids is 1.